The predicted octanol–water partition coefficient (Wildman–Crippen LogP) is 7.91. The zero-order valence-corrected chi connectivity index (χ0v) is 22.7. The van der Waals surface area contributed by atoms with Crippen LogP contribution in [0.25, 0.3) is 11.3 Å². The average molecular weight is 584 g/mol. The van der Waals surface area contributed by atoms with Crippen LogP contribution in [0.15, 0.2) is 81.7 Å². The van der Waals surface area contributed by atoms with Crippen LogP contribution in [0.1, 0.15) is 35.7 Å². The number of thiazole rings is 1. The zero-order chi connectivity index (χ0) is 25.3. The molecule has 4 rings (SSSR count). The number of rotatable bonds is 10. The van der Waals surface area contributed by atoms with Gasteiger partial charge in [-0.25, -0.2) is 10.4 Å². The van der Waals surface area contributed by atoms with Gasteiger partial charge in [0.1, 0.15) is 5.75 Å². The highest BCUT2D eigenvalue weighted by Gasteiger charge is 2.09. The van der Waals surface area contributed by atoms with Crippen LogP contribution < -0.4 is 15.5 Å². The van der Waals surface area contributed by atoms with Crippen molar-refractivity contribution in [2.75, 3.05) is 11.9 Å². The summed E-state index contributed by atoms with van der Waals surface area (Å²) in [5, 5.41) is 10.8. The number of hydrogen-bond donors (Lipinski definition) is 2. The number of benzene rings is 3. The molecule has 0 saturated carbocycles. The van der Waals surface area contributed by atoms with Gasteiger partial charge in [-0.1, -0.05) is 53.0 Å². The van der Waals surface area contributed by atoms with Gasteiger partial charge in [0.15, 0.2) is 5.13 Å². The number of halogens is 2. The fraction of sp³-hybridized carbons (Fsp3) is 0.148. The summed E-state index contributed by atoms with van der Waals surface area (Å²) >= 11 is 10.9. The third-order valence-corrected chi connectivity index (χ3v) is 6.64. The van der Waals surface area contributed by atoms with Gasteiger partial charge in [0.25, 0.3) is 5.91 Å². The van der Waals surface area contributed by atoms with Crippen molar-refractivity contribution in [2.45, 2.75) is 19.8 Å². The first-order valence-electron chi connectivity index (χ1n) is 11.4. The first kappa shape index (κ1) is 25.9. The number of ether oxygens (including phenoxy) is 1. The fourth-order valence-corrected chi connectivity index (χ4v) is 4.46. The smallest absolute Gasteiger partial charge is 0.271 e. The van der Waals surface area contributed by atoms with Gasteiger partial charge in [-0.3, -0.25) is 4.79 Å². The molecule has 3 aromatic carbocycles. The molecule has 1 amide bonds. The number of nitrogens with one attached hydrogen (secondary N) is 2. The lowest BCUT2D eigenvalue weighted by molar-refractivity contribution is 0.0955. The summed E-state index contributed by atoms with van der Waals surface area (Å²) in [5.74, 6) is 0.423. The van der Waals surface area contributed by atoms with Crippen LogP contribution in [-0.4, -0.2) is 23.7 Å². The third kappa shape index (κ3) is 7.16. The Morgan fingerprint density at radius 3 is 2.67 bits per heavy atom. The fourth-order valence-electron chi connectivity index (χ4n) is 3.22. The number of carbonyl (C=O) groups excluding carboxylic acids is 1. The van der Waals surface area contributed by atoms with Crippen molar-refractivity contribution < 1.29 is 9.53 Å². The molecule has 184 valence electrons. The molecule has 9 heteroatoms. The topological polar surface area (TPSA) is 75.6 Å². The van der Waals surface area contributed by atoms with Gasteiger partial charge in [-0.15, -0.1) is 11.3 Å². The number of amides is 1. The summed E-state index contributed by atoms with van der Waals surface area (Å²) in [7, 11) is 0. The van der Waals surface area contributed by atoms with E-state index in [1.807, 2.05) is 60.0 Å². The lowest BCUT2D eigenvalue weighted by atomic mass is 10.1. The second-order valence-electron chi connectivity index (χ2n) is 7.83. The van der Waals surface area contributed by atoms with E-state index in [-0.39, 0.29) is 5.91 Å². The Labute approximate surface area is 227 Å². The molecule has 4 aromatic rings. The van der Waals surface area contributed by atoms with Crippen molar-refractivity contribution >= 4 is 61.8 Å². The molecule has 1 aromatic heterocycles. The Morgan fingerprint density at radius 1 is 1.14 bits per heavy atom. The molecule has 0 aliphatic heterocycles. The van der Waals surface area contributed by atoms with Crippen LogP contribution in [0.2, 0.25) is 5.02 Å². The van der Waals surface area contributed by atoms with Crippen LogP contribution in [0.5, 0.6) is 5.75 Å². The standard InChI is InChI=1S/C27H24BrClN4O2S/c1-2-3-14-35-25-13-8-21(28)15-20(25)16-30-33-26(34)19-6-4-18(5-7-19)24-17-36-27(32-24)31-23-11-9-22(29)10-12-23/h4-13,15-17H,2-3,14H2,1H3,(H,31,32)(H,33,34)/b30-16-. The minimum Gasteiger partial charge on any atom is -0.493 e. The summed E-state index contributed by atoms with van der Waals surface area (Å²) in [4.78, 5) is 17.2. The van der Waals surface area contributed by atoms with Crippen molar-refractivity contribution in [3.63, 3.8) is 0 Å². The first-order chi connectivity index (χ1) is 17.5. The Kier molecular flexibility index (Phi) is 9.11. The molecule has 1 heterocycles. The minimum absolute atomic E-state index is 0.301. The monoisotopic (exact) mass is 582 g/mol. The molecule has 0 radical (unpaired) electrons. The van der Waals surface area contributed by atoms with Gasteiger partial charge in [0.2, 0.25) is 0 Å². The number of carbonyl (C=O) groups is 1. The second kappa shape index (κ2) is 12.7. The van der Waals surface area contributed by atoms with E-state index >= 15 is 0 Å². The number of nitrogens with zero attached hydrogens (tertiary/aromatic N) is 2. The molecule has 0 aliphatic rings. The van der Waals surface area contributed by atoms with E-state index in [1.165, 1.54) is 11.3 Å². The molecule has 0 aliphatic carbocycles. The average Bonchev–Trinajstić information content (AvgIpc) is 3.35. The zero-order valence-electron chi connectivity index (χ0n) is 19.5. The van der Waals surface area contributed by atoms with Crippen LogP contribution in [0, 0.1) is 0 Å². The predicted molar refractivity (Wildman–Crippen MR) is 152 cm³/mol. The Bertz CT molecular complexity index is 1340. The highest BCUT2D eigenvalue weighted by Crippen LogP contribution is 2.28. The molecule has 6 nitrogen and oxygen atoms in total. The summed E-state index contributed by atoms with van der Waals surface area (Å²) in [6, 6.07) is 20.4. The van der Waals surface area contributed by atoms with E-state index in [9.17, 15) is 4.79 Å². The number of hydrogen-bond acceptors (Lipinski definition) is 6. The first-order valence-corrected chi connectivity index (χ1v) is 13.4. The molecule has 0 unspecified atom stereocenters. The third-order valence-electron chi connectivity index (χ3n) is 5.14. The molecule has 0 atom stereocenters. The van der Waals surface area contributed by atoms with Crippen molar-refractivity contribution in [1.29, 1.82) is 0 Å². The molecular formula is C27H24BrClN4O2S. The number of anilines is 2. The van der Waals surface area contributed by atoms with E-state index in [1.54, 1.807) is 18.3 Å². The van der Waals surface area contributed by atoms with Gasteiger partial charge in [-0.05, 0) is 61.0 Å². The second-order valence-corrected chi connectivity index (χ2v) is 10.0. The van der Waals surface area contributed by atoms with E-state index in [0.29, 0.717) is 17.2 Å². The minimum atomic E-state index is -0.301. The van der Waals surface area contributed by atoms with Crippen molar-refractivity contribution in [1.82, 2.24) is 10.4 Å². The van der Waals surface area contributed by atoms with E-state index in [4.69, 9.17) is 16.3 Å². The van der Waals surface area contributed by atoms with Crippen molar-refractivity contribution in [3.8, 4) is 17.0 Å². The van der Waals surface area contributed by atoms with Gasteiger partial charge in [0, 0.05) is 37.3 Å². The maximum absolute atomic E-state index is 12.6. The van der Waals surface area contributed by atoms with Gasteiger partial charge in [-0.2, -0.15) is 5.10 Å². The van der Waals surface area contributed by atoms with Crippen molar-refractivity contribution in [2.24, 2.45) is 5.10 Å². The summed E-state index contributed by atoms with van der Waals surface area (Å²) in [6.45, 7) is 2.75. The molecule has 2 N–H and O–H groups in total. The van der Waals surface area contributed by atoms with Gasteiger partial charge in [0.05, 0.1) is 18.5 Å². The van der Waals surface area contributed by atoms with E-state index < -0.39 is 0 Å². The number of aromatic nitrogens is 1. The normalized spacial score (nSPS) is 11.0. The molecule has 36 heavy (non-hydrogen) atoms. The lowest BCUT2D eigenvalue weighted by Crippen LogP contribution is -2.17. The van der Waals surface area contributed by atoms with Crippen LogP contribution in [-0.2, 0) is 0 Å². The molecule has 0 fully saturated rings. The molecule has 0 saturated heterocycles. The Morgan fingerprint density at radius 2 is 1.92 bits per heavy atom. The number of hydrazone groups is 1. The number of unbranched alkanes of at least 4 members (excludes halogenated alkanes) is 1. The maximum atomic E-state index is 12.6. The largest absolute Gasteiger partial charge is 0.493 e. The van der Waals surface area contributed by atoms with Crippen molar-refractivity contribution in [3.05, 3.63) is 92.7 Å². The highest BCUT2D eigenvalue weighted by atomic mass is 79.9. The molecule has 0 bridgehead atoms. The lowest BCUT2D eigenvalue weighted by Gasteiger charge is -2.09. The highest BCUT2D eigenvalue weighted by molar-refractivity contribution is 9.10. The Hall–Kier alpha value is -3.20. The van der Waals surface area contributed by atoms with Crippen LogP contribution in [0.4, 0.5) is 10.8 Å². The van der Waals surface area contributed by atoms with E-state index in [0.717, 1.165) is 50.7 Å². The van der Waals surface area contributed by atoms with Crippen LogP contribution >= 0.6 is 38.9 Å². The maximum Gasteiger partial charge on any atom is 0.271 e. The van der Waals surface area contributed by atoms with Crippen LogP contribution in [0.3, 0.4) is 0 Å². The Balaban J connectivity index is 1.36. The van der Waals surface area contributed by atoms with Gasteiger partial charge < -0.3 is 10.1 Å². The quantitative estimate of drug-likeness (QED) is 0.113. The summed E-state index contributed by atoms with van der Waals surface area (Å²) in [5.41, 5.74) is 6.52. The van der Waals surface area contributed by atoms with E-state index in [2.05, 4.69) is 43.7 Å². The molecular weight excluding hydrogens is 560 g/mol. The van der Waals surface area contributed by atoms with Gasteiger partial charge >= 0.3 is 0 Å². The SMILES string of the molecule is CCCCOc1ccc(Br)cc1/C=N\NC(=O)c1ccc(-c2csc(Nc3ccc(Cl)cc3)n2)cc1. The summed E-state index contributed by atoms with van der Waals surface area (Å²) in [6.07, 6.45) is 3.61. The molecule has 0 spiro atoms. The summed E-state index contributed by atoms with van der Waals surface area (Å²) < 4.78 is 6.73.